The van der Waals surface area contributed by atoms with Crippen LogP contribution in [0.3, 0.4) is 0 Å². The van der Waals surface area contributed by atoms with E-state index >= 15 is 0 Å². The Morgan fingerprint density at radius 2 is 1.93 bits per heavy atom. The van der Waals surface area contributed by atoms with E-state index in [-0.39, 0.29) is 5.92 Å². The Morgan fingerprint density at radius 3 is 2.59 bits per heavy atom. The van der Waals surface area contributed by atoms with Crippen molar-refractivity contribution in [3.63, 3.8) is 0 Å². The smallest absolute Gasteiger partial charge is 0.326 e. The number of carbonyl (C=O) groups is 2. The summed E-state index contributed by atoms with van der Waals surface area (Å²) < 4.78 is 5.71. The maximum atomic E-state index is 12.1. The number of oxazole rings is 1. The predicted molar refractivity (Wildman–Crippen MR) is 100 cm³/mol. The fourth-order valence-corrected chi connectivity index (χ4v) is 2.64. The molecule has 1 unspecified atom stereocenters. The Bertz CT molecular complexity index is 953. The third-order valence-electron chi connectivity index (χ3n) is 3.88. The molecule has 8 nitrogen and oxygen atoms in total. The van der Waals surface area contributed by atoms with Gasteiger partial charge in [0.25, 0.3) is 0 Å². The average molecular weight is 368 g/mol. The van der Waals surface area contributed by atoms with E-state index in [0.717, 1.165) is 5.56 Å². The Kier molecular flexibility index (Phi) is 5.35. The zero-order valence-corrected chi connectivity index (χ0v) is 15.0. The number of hydrogen-bond acceptors (Lipinski definition) is 5. The van der Waals surface area contributed by atoms with E-state index in [1.807, 2.05) is 13.8 Å². The summed E-state index contributed by atoms with van der Waals surface area (Å²) in [5, 5.41) is 14.3. The van der Waals surface area contributed by atoms with E-state index < -0.39 is 18.0 Å². The highest BCUT2D eigenvalue weighted by Gasteiger charge is 2.21. The standard InChI is InChI=1S/C19H20N4O4/c1-11(2)9-15(18(24)25)23-19(26)21-13-3-4-16-14(10-13)22-17(27-16)12-5-7-20-8-6-12/h3-8,10-11,15H,9H2,1-2H3,(H,24,25)(H2,21,23,26). The van der Waals surface area contributed by atoms with Crippen LogP contribution in [-0.2, 0) is 4.79 Å². The fourth-order valence-electron chi connectivity index (χ4n) is 2.64. The lowest BCUT2D eigenvalue weighted by Crippen LogP contribution is -2.43. The summed E-state index contributed by atoms with van der Waals surface area (Å²) in [6.07, 6.45) is 3.65. The number of benzene rings is 1. The van der Waals surface area contributed by atoms with Gasteiger partial charge >= 0.3 is 12.0 Å². The number of pyridine rings is 1. The minimum atomic E-state index is -1.06. The predicted octanol–water partition coefficient (Wildman–Crippen LogP) is 3.51. The molecule has 3 N–H and O–H groups in total. The minimum Gasteiger partial charge on any atom is -0.480 e. The molecule has 1 aromatic carbocycles. The van der Waals surface area contributed by atoms with Crippen molar-refractivity contribution >= 4 is 28.8 Å². The molecule has 2 heterocycles. The van der Waals surface area contributed by atoms with Crippen molar-refractivity contribution in [2.24, 2.45) is 5.92 Å². The minimum absolute atomic E-state index is 0.143. The Hall–Kier alpha value is -3.42. The highest BCUT2D eigenvalue weighted by atomic mass is 16.4. The summed E-state index contributed by atoms with van der Waals surface area (Å²) in [6.45, 7) is 3.79. The number of nitrogens with zero attached hydrogens (tertiary/aromatic N) is 2. The van der Waals surface area contributed by atoms with Gasteiger partial charge in [-0.3, -0.25) is 4.98 Å². The first-order valence-electron chi connectivity index (χ1n) is 8.53. The number of rotatable bonds is 6. The molecule has 2 amide bonds. The van der Waals surface area contributed by atoms with E-state index in [2.05, 4.69) is 20.6 Å². The van der Waals surface area contributed by atoms with Crippen LogP contribution in [0.5, 0.6) is 0 Å². The number of hydrogen-bond donors (Lipinski definition) is 3. The molecule has 0 aliphatic carbocycles. The summed E-state index contributed by atoms with van der Waals surface area (Å²) in [4.78, 5) is 31.8. The van der Waals surface area contributed by atoms with E-state index in [9.17, 15) is 14.7 Å². The van der Waals surface area contributed by atoms with Crippen LogP contribution in [-0.4, -0.2) is 33.1 Å². The molecule has 0 radical (unpaired) electrons. The number of aliphatic carboxylic acids is 1. The first-order valence-corrected chi connectivity index (χ1v) is 8.53. The van der Waals surface area contributed by atoms with Gasteiger partial charge in [-0.1, -0.05) is 13.8 Å². The van der Waals surface area contributed by atoms with Gasteiger partial charge in [-0.2, -0.15) is 0 Å². The maximum absolute atomic E-state index is 12.1. The van der Waals surface area contributed by atoms with Crippen molar-refractivity contribution in [3.8, 4) is 11.5 Å². The van der Waals surface area contributed by atoms with Gasteiger partial charge in [0.05, 0.1) is 0 Å². The number of amides is 2. The molecular weight excluding hydrogens is 348 g/mol. The molecule has 0 aliphatic heterocycles. The van der Waals surface area contributed by atoms with Crippen molar-refractivity contribution < 1.29 is 19.1 Å². The maximum Gasteiger partial charge on any atom is 0.326 e. The van der Waals surface area contributed by atoms with Gasteiger partial charge in [-0.25, -0.2) is 14.6 Å². The van der Waals surface area contributed by atoms with Crippen molar-refractivity contribution in [3.05, 3.63) is 42.7 Å². The van der Waals surface area contributed by atoms with Crippen molar-refractivity contribution in [2.75, 3.05) is 5.32 Å². The molecule has 1 atom stereocenters. The topological polar surface area (TPSA) is 117 Å². The van der Waals surface area contributed by atoms with Gasteiger partial charge in [0.1, 0.15) is 11.6 Å². The molecule has 0 bridgehead atoms. The summed E-state index contributed by atoms with van der Waals surface area (Å²) in [6, 6.07) is 7.09. The quantitative estimate of drug-likeness (QED) is 0.613. The summed E-state index contributed by atoms with van der Waals surface area (Å²) in [5.74, 6) is -0.464. The first kappa shape index (κ1) is 18.4. The van der Waals surface area contributed by atoms with Crippen LogP contribution in [0, 0.1) is 5.92 Å². The summed E-state index contributed by atoms with van der Waals surface area (Å²) in [7, 11) is 0. The number of carboxylic acid groups (broad SMARTS) is 1. The molecule has 0 saturated carbocycles. The van der Waals surface area contributed by atoms with Gasteiger partial charge in [0.15, 0.2) is 5.58 Å². The third kappa shape index (κ3) is 4.60. The lowest BCUT2D eigenvalue weighted by Gasteiger charge is -2.16. The number of carboxylic acids is 1. The largest absolute Gasteiger partial charge is 0.480 e. The summed E-state index contributed by atoms with van der Waals surface area (Å²) in [5.41, 5.74) is 2.45. The monoisotopic (exact) mass is 368 g/mol. The Labute approximate surface area is 155 Å². The van der Waals surface area contributed by atoms with Crippen LogP contribution in [0.1, 0.15) is 20.3 Å². The third-order valence-corrected chi connectivity index (χ3v) is 3.88. The molecule has 2 aromatic heterocycles. The zero-order valence-electron chi connectivity index (χ0n) is 15.0. The second-order valence-corrected chi connectivity index (χ2v) is 6.56. The molecule has 8 heteroatoms. The van der Waals surface area contributed by atoms with Gasteiger partial charge < -0.3 is 20.2 Å². The number of aromatic nitrogens is 2. The number of anilines is 1. The molecule has 0 spiro atoms. The van der Waals surface area contributed by atoms with E-state index in [0.29, 0.717) is 29.1 Å². The molecule has 27 heavy (non-hydrogen) atoms. The Balaban J connectivity index is 1.73. The van der Waals surface area contributed by atoms with Crippen LogP contribution >= 0.6 is 0 Å². The fraction of sp³-hybridized carbons (Fsp3) is 0.263. The molecule has 3 rings (SSSR count). The van der Waals surface area contributed by atoms with Gasteiger partial charge in [-0.15, -0.1) is 0 Å². The normalized spacial score (nSPS) is 12.1. The average Bonchev–Trinajstić information content (AvgIpc) is 3.04. The number of urea groups is 1. The SMILES string of the molecule is CC(C)CC(NC(=O)Nc1ccc2oc(-c3ccncc3)nc2c1)C(=O)O. The van der Waals surface area contributed by atoms with Gasteiger partial charge in [0.2, 0.25) is 5.89 Å². The molecule has 3 aromatic rings. The summed E-state index contributed by atoms with van der Waals surface area (Å²) >= 11 is 0. The van der Waals surface area contributed by atoms with Gasteiger partial charge in [0, 0.05) is 23.6 Å². The molecule has 140 valence electrons. The second-order valence-electron chi connectivity index (χ2n) is 6.56. The first-order chi connectivity index (χ1) is 12.9. The van der Waals surface area contributed by atoms with E-state index in [4.69, 9.17) is 4.42 Å². The number of fused-ring (bicyclic) bond motifs is 1. The molecule has 0 aliphatic rings. The van der Waals surface area contributed by atoms with Crippen molar-refractivity contribution in [1.82, 2.24) is 15.3 Å². The highest BCUT2D eigenvalue weighted by molar-refractivity contribution is 5.94. The van der Waals surface area contributed by atoms with Crippen molar-refractivity contribution in [2.45, 2.75) is 26.3 Å². The van der Waals surface area contributed by atoms with Crippen LogP contribution in [0.4, 0.5) is 10.5 Å². The lowest BCUT2D eigenvalue weighted by molar-refractivity contribution is -0.139. The zero-order chi connectivity index (χ0) is 19.4. The number of carbonyl (C=O) groups excluding carboxylic acids is 1. The molecule has 0 saturated heterocycles. The highest BCUT2D eigenvalue weighted by Crippen LogP contribution is 2.25. The lowest BCUT2D eigenvalue weighted by atomic mass is 10.0. The molecular formula is C19H20N4O4. The molecule has 0 fully saturated rings. The van der Waals surface area contributed by atoms with Crippen molar-refractivity contribution in [1.29, 1.82) is 0 Å². The van der Waals surface area contributed by atoms with E-state index in [1.54, 1.807) is 42.7 Å². The Morgan fingerprint density at radius 1 is 1.19 bits per heavy atom. The van der Waals surface area contributed by atoms with E-state index in [1.165, 1.54) is 0 Å². The van der Waals surface area contributed by atoms with Crippen LogP contribution in [0.15, 0.2) is 47.1 Å². The van der Waals surface area contributed by atoms with Crippen LogP contribution < -0.4 is 10.6 Å². The second kappa shape index (κ2) is 7.86. The van der Waals surface area contributed by atoms with Crippen LogP contribution in [0.2, 0.25) is 0 Å². The van der Waals surface area contributed by atoms with Crippen LogP contribution in [0.25, 0.3) is 22.6 Å². The number of nitrogens with one attached hydrogen (secondary N) is 2. The van der Waals surface area contributed by atoms with Gasteiger partial charge in [-0.05, 0) is 42.7 Å².